The molecule has 2 nitrogen and oxygen atoms in total. The van der Waals surface area contributed by atoms with E-state index in [1.807, 2.05) is 13.0 Å². The number of aromatic hydroxyl groups is 1. The Morgan fingerprint density at radius 1 is 1.62 bits per heavy atom. The summed E-state index contributed by atoms with van der Waals surface area (Å²) in [7, 11) is 0. The maximum Gasteiger partial charge on any atom is 0.115 e. The molecule has 0 unspecified atom stereocenters. The van der Waals surface area contributed by atoms with Crippen molar-refractivity contribution >= 4 is 0 Å². The largest absolute Gasteiger partial charge is 0.508 e. The van der Waals surface area contributed by atoms with Crippen LogP contribution in [0.15, 0.2) is 30.9 Å². The average Bonchev–Trinajstić information content (AvgIpc) is 2.04. The lowest BCUT2D eigenvalue weighted by molar-refractivity contribution is 0.474. The van der Waals surface area contributed by atoms with Crippen LogP contribution in [0.1, 0.15) is 23.6 Å². The third-order valence-corrected chi connectivity index (χ3v) is 2.07. The Hall–Kier alpha value is -1.28. The first kappa shape index (κ1) is 9.81. The molecule has 1 aromatic carbocycles. The highest BCUT2D eigenvalue weighted by Gasteiger charge is 2.06. The summed E-state index contributed by atoms with van der Waals surface area (Å²) in [6.45, 7) is 5.59. The molecule has 2 heteroatoms. The van der Waals surface area contributed by atoms with Gasteiger partial charge in [0.05, 0.1) is 0 Å². The zero-order chi connectivity index (χ0) is 9.84. The Labute approximate surface area is 78.7 Å². The molecule has 0 aromatic heterocycles. The fraction of sp³-hybridized carbons (Fsp3) is 0.273. The topological polar surface area (TPSA) is 46.2 Å². The lowest BCUT2D eigenvalue weighted by atomic mass is 9.99. The van der Waals surface area contributed by atoms with Gasteiger partial charge in [-0.15, -0.1) is 6.58 Å². The molecule has 0 bridgehead atoms. The highest BCUT2D eigenvalue weighted by atomic mass is 16.3. The third-order valence-electron chi connectivity index (χ3n) is 2.07. The minimum absolute atomic E-state index is 0.0156. The van der Waals surface area contributed by atoms with E-state index in [0.717, 1.165) is 17.5 Å². The summed E-state index contributed by atoms with van der Waals surface area (Å²) in [6, 6.07) is 5.22. The second-order valence-electron chi connectivity index (χ2n) is 3.17. The first-order valence-electron chi connectivity index (χ1n) is 4.31. The van der Waals surface area contributed by atoms with Crippen LogP contribution < -0.4 is 5.73 Å². The number of phenols is 1. The second kappa shape index (κ2) is 4.10. The minimum Gasteiger partial charge on any atom is -0.508 e. The molecule has 3 N–H and O–H groups in total. The molecule has 1 aromatic rings. The van der Waals surface area contributed by atoms with Crippen molar-refractivity contribution in [2.24, 2.45) is 5.73 Å². The molecule has 0 amide bonds. The standard InChI is InChI=1S/C11H15NO/c1-3-4-11(12)10-6-5-9(13)7-8(10)2/h3,5-7,11,13H,1,4,12H2,2H3/t11-/m1/s1. The van der Waals surface area contributed by atoms with Crippen LogP contribution in [0.2, 0.25) is 0 Å². The van der Waals surface area contributed by atoms with E-state index < -0.39 is 0 Å². The quantitative estimate of drug-likeness (QED) is 0.696. The molecule has 1 atom stereocenters. The molecule has 0 heterocycles. The van der Waals surface area contributed by atoms with Crippen LogP contribution in [0, 0.1) is 6.92 Å². The second-order valence-corrected chi connectivity index (χ2v) is 3.17. The number of aryl methyl sites for hydroxylation is 1. The summed E-state index contributed by atoms with van der Waals surface area (Å²) >= 11 is 0. The number of benzene rings is 1. The average molecular weight is 177 g/mol. The fourth-order valence-corrected chi connectivity index (χ4v) is 1.38. The highest BCUT2D eigenvalue weighted by Crippen LogP contribution is 2.22. The zero-order valence-corrected chi connectivity index (χ0v) is 7.83. The smallest absolute Gasteiger partial charge is 0.115 e. The van der Waals surface area contributed by atoms with Crippen molar-refractivity contribution in [2.45, 2.75) is 19.4 Å². The Morgan fingerprint density at radius 2 is 2.31 bits per heavy atom. The van der Waals surface area contributed by atoms with Gasteiger partial charge in [0.25, 0.3) is 0 Å². The lowest BCUT2D eigenvalue weighted by Crippen LogP contribution is -2.10. The van der Waals surface area contributed by atoms with Crippen molar-refractivity contribution in [2.75, 3.05) is 0 Å². The molecule has 0 saturated heterocycles. The van der Waals surface area contributed by atoms with Gasteiger partial charge in [0, 0.05) is 6.04 Å². The van der Waals surface area contributed by atoms with E-state index in [4.69, 9.17) is 5.73 Å². The molecule has 0 spiro atoms. The van der Waals surface area contributed by atoms with Crippen LogP contribution in [0.25, 0.3) is 0 Å². The van der Waals surface area contributed by atoms with Crippen molar-refractivity contribution in [3.05, 3.63) is 42.0 Å². The number of phenolic OH excluding ortho intramolecular Hbond substituents is 1. The van der Waals surface area contributed by atoms with Crippen LogP contribution in [0.3, 0.4) is 0 Å². The predicted molar refractivity (Wildman–Crippen MR) is 54.6 cm³/mol. The van der Waals surface area contributed by atoms with Crippen molar-refractivity contribution in [1.29, 1.82) is 0 Å². The van der Waals surface area contributed by atoms with E-state index in [-0.39, 0.29) is 11.8 Å². The van der Waals surface area contributed by atoms with E-state index in [9.17, 15) is 5.11 Å². The van der Waals surface area contributed by atoms with Gasteiger partial charge in [-0.25, -0.2) is 0 Å². The number of nitrogens with two attached hydrogens (primary N) is 1. The number of rotatable bonds is 3. The molecule has 0 aliphatic heterocycles. The van der Waals surface area contributed by atoms with Gasteiger partial charge in [-0.05, 0) is 36.6 Å². The summed E-state index contributed by atoms with van der Waals surface area (Å²) in [4.78, 5) is 0. The van der Waals surface area contributed by atoms with Crippen LogP contribution in [-0.4, -0.2) is 5.11 Å². The SMILES string of the molecule is C=CC[C@@H](N)c1ccc(O)cc1C. The van der Waals surface area contributed by atoms with Gasteiger partial charge >= 0.3 is 0 Å². The summed E-state index contributed by atoms with van der Waals surface area (Å²) in [6.07, 6.45) is 2.56. The predicted octanol–water partition coefficient (Wildman–Crippen LogP) is 2.28. The van der Waals surface area contributed by atoms with Gasteiger partial charge in [0.2, 0.25) is 0 Å². The maximum atomic E-state index is 9.19. The van der Waals surface area contributed by atoms with E-state index in [2.05, 4.69) is 6.58 Å². The van der Waals surface area contributed by atoms with Gasteiger partial charge < -0.3 is 10.8 Å². The van der Waals surface area contributed by atoms with E-state index in [1.165, 1.54) is 0 Å². The van der Waals surface area contributed by atoms with Crippen LogP contribution in [-0.2, 0) is 0 Å². The zero-order valence-electron chi connectivity index (χ0n) is 7.83. The van der Waals surface area contributed by atoms with E-state index in [0.29, 0.717) is 0 Å². The minimum atomic E-state index is -0.0156. The molecular formula is C11H15NO. The van der Waals surface area contributed by atoms with E-state index >= 15 is 0 Å². The van der Waals surface area contributed by atoms with E-state index in [1.54, 1.807) is 18.2 Å². The Morgan fingerprint density at radius 3 is 2.85 bits per heavy atom. The van der Waals surface area contributed by atoms with Crippen LogP contribution in [0.5, 0.6) is 5.75 Å². The van der Waals surface area contributed by atoms with Crippen molar-refractivity contribution in [3.63, 3.8) is 0 Å². The molecule has 70 valence electrons. The van der Waals surface area contributed by atoms with Crippen molar-refractivity contribution < 1.29 is 5.11 Å². The molecule has 0 fully saturated rings. The van der Waals surface area contributed by atoms with Gasteiger partial charge in [-0.1, -0.05) is 12.1 Å². The fourth-order valence-electron chi connectivity index (χ4n) is 1.38. The molecule has 1 rings (SSSR count). The Kier molecular flexibility index (Phi) is 3.09. The monoisotopic (exact) mass is 177 g/mol. The normalized spacial score (nSPS) is 12.5. The van der Waals surface area contributed by atoms with Gasteiger partial charge in [-0.2, -0.15) is 0 Å². The first-order valence-corrected chi connectivity index (χ1v) is 4.31. The summed E-state index contributed by atoms with van der Waals surface area (Å²) in [5, 5.41) is 9.19. The highest BCUT2D eigenvalue weighted by molar-refractivity contribution is 5.35. The Bertz CT molecular complexity index is 307. The van der Waals surface area contributed by atoms with Crippen molar-refractivity contribution in [1.82, 2.24) is 0 Å². The Balaban J connectivity index is 2.94. The third kappa shape index (κ3) is 2.33. The van der Waals surface area contributed by atoms with Crippen LogP contribution in [0.4, 0.5) is 0 Å². The summed E-state index contributed by atoms with van der Waals surface area (Å²) < 4.78 is 0. The molecular weight excluding hydrogens is 162 g/mol. The molecule has 0 aliphatic rings. The van der Waals surface area contributed by atoms with Crippen LogP contribution >= 0.6 is 0 Å². The van der Waals surface area contributed by atoms with Gasteiger partial charge in [0.15, 0.2) is 0 Å². The first-order chi connectivity index (χ1) is 6.15. The van der Waals surface area contributed by atoms with Gasteiger partial charge in [0.1, 0.15) is 5.75 Å². The molecule has 0 aliphatic carbocycles. The molecule has 0 radical (unpaired) electrons. The van der Waals surface area contributed by atoms with Gasteiger partial charge in [-0.3, -0.25) is 0 Å². The number of hydrogen-bond acceptors (Lipinski definition) is 2. The lowest BCUT2D eigenvalue weighted by Gasteiger charge is -2.12. The number of hydrogen-bond donors (Lipinski definition) is 2. The summed E-state index contributed by atoms with van der Waals surface area (Å²) in [5.74, 6) is 0.284. The molecule has 13 heavy (non-hydrogen) atoms. The van der Waals surface area contributed by atoms with Crippen molar-refractivity contribution in [3.8, 4) is 5.75 Å². The molecule has 0 saturated carbocycles. The maximum absolute atomic E-state index is 9.19. The summed E-state index contributed by atoms with van der Waals surface area (Å²) in [5.41, 5.74) is 7.99.